The predicted molar refractivity (Wildman–Crippen MR) is 56.3 cm³/mol. The number of carbonyl (C=O) groups is 1. The minimum Gasteiger partial charge on any atom is -0.481 e. The van der Waals surface area contributed by atoms with Crippen molar-refractivity contribution in [2.75, 3.05) is 19.6 Å². The fraction of sp³-hybridized carbons (Fsp3) is 0.818. The van der Waals surface area contributed by atoms with Crippen LogP contribution in [-0.2, 0) is 4.79 Å². The van der Waals surface area contributed by atoms with Crippen molar-refractivity contribution in [3.8, 4) is 6.07 Å². The number of aliphatic carboxylic acids is 1. The molecule has 1 aliphatic rings. The van der Waals surface area contributed by atoms with Gasteiger partial charge >= 0.3 is 5.97 Å². The highest BCUT2D eigenvalue weighted by molar-refractivity contribution is 5.66. The molecule has 0 spiro atoms. The molecule has 1 aliphatic heterocycles. The Balaban J connectivity index is 2.13. The number of nitrogens with zero attached hydrogens (tertiary/aromatic N) is 2. The monoisotopic (exact) mass is 210 g/mol. The Bertz CT molecular complexity index is 239. The number of hydrogen-bond acceptors (Lipinski definition) is 3. The van der Waals surface area contributed by atoms with Gasteiger partial charge in [-0.2, -0.15) is 5.26 Å². The van der Waals surface area contributed by atoms with Crippen molar-refractivity contribution >= 4 is 5.97 Å². The lowest BCUT2D eigenvalue weighted by Crippen LogP contribution is -2.34. The first-order valence-corrected chi connectivity index (χ1v) is 5.53. The summed E-state index contributed by atoms with van der Waals surface area (Å²) in [6.45, 7) is 2.90. The van der Waals surface area contributed by atoms with E-state index in [1.54, 1.807) is 0 Å². The Morgan fingerprint density at radius 3 is 2.67 bits per heavy atom. The first-order valence-electron chi connectivity index (χ1n) is 5.53. The maximum Gasteiger partial charge on any atom is 0.303 e. The standard InChI is InChI=1S/C11H18N2O2/c12-6-1-7-13-8-4-10(5-9-13)2-3-11(14)15/h10H,1-5,7-9H2,(H,14,15). The zero-order valence-corrected chi connectivity index (χ0v) is 8.98. The van der Waals surface area contributed by atoms with E-state index in [4.69, 9.17) is 10.4 Å². The molecule has 15 heavy (non-hydrogen) atoms. The molecule has 0 radical (unpaired) electrons. The van der Waals surface area contributed by atoms with Crippen LogP contribution in [0.1, 0.15) is 32.1 Å². The van der Waals surface area contributed by atoms with Crippen molar-refractivity contribution in [2.45, 2.75) is 32.1 Å². The summed E-state index contributed by atoms with van der Waals surface area (Å²) in [6.07, 6.45) is 3.86. The molecule has 1 N–H and O–H groups in total. The van der Waals surface area contributed by atoms with E-state index in [0.717, 1.165) is 38.9 Å². The molecule has 0 atom stereocenters. The second kappa shape index (κ2) is 6.41. The van der Waals surface area contributed by atoms with Gasteiger partial charge in [0.15, 0.2) is 0 Å². The van der Waals surface area contributed by atoms with Gasteiger partial charge in [0.25, 0.3) is 0 Å². The van der Waals surface area contributed by atoms with Gasteiger partial charge < -0.3 is 10.0 Å². The Morgan fingerprint density at radius 1 is 1.47 bits per heavy atom. The molecular formula is C11H18N2O2. The van der Waals surface area contributed by atoms with Crippen molar-refractivity contribution in [1.29, 1.82) is 5.26 Å². The number of nitriles is 1. The first kappa shape index (κ1) is 12.0. The van der Waals surface area contributed by atoms with Gasteiger partial charge in [0.05, 0.1) is 6.07 Å². The SMILES string of the molecule is N#CCCN1CCC(CCC(=O)O)CC1. The first-order chi connectivity index (χ1) is 7.22. The molecule has 0 aromatic heterocycles. The van der Waals surface area contributed by atoms with E-state index >= 15 is 0 Å². The number of carboxylic acid groups (broad SMARTS) is 1. The van der Waals surface area contributed by atoms with Crippen LogP contribution in [0, 0.1) is 17.2 Å². The predicted octanol–water partition coefficient (Wildman–Crippen LogP) is 1.48. The number of likely N-dealkylation sites (tertiary alicyclic amines) is 1. The molecular weight excluding hydrogens is 192 g/mol. The minimum atomic E-state index is -0.693. The van der Waals surface area contributed by atoms with Gasteiger partial charge in [0.1, 0.15) is 0 Å². The van der Waals surface area contributed by atoms with Crippen molar-refractivity contribution < 1.29 is 9.90 Å². The summed E-state index contributed by atoms with van der Waals surface area (Å²) in [5.74, 6) is -0.124. The molecule has 0 unspecified atom stereocenters. The molecule has 84 valence electrons. The summed E-state index contributed by atoms with van der Waals surface area (Å²) in [5, 5.41) is 17.0. The summed E-state index contributed by atoms with van der Waals surface area (Å²) < 4.78 is 0. The number of carboxylic acids is 1. The van der Waals surface area contributed by atoms with Gasteiger partial charge in [0.2, 0.25) is 0 Å². The zero-order valence-electron chi connectivity index (χ0n) is 8.98. The molecule has 4 heteroatoms. The van der Waals surface area contributed by atoms with E-state index in [1.807, 2.05) is 0 Å². The van der Waals surface area contributed by atoms with E-state index in [1.165, 1.54) is 0 Å². The largest absolute Gasteiger partial charge is 0.481 e. The van der Waals surface area contributed by atoms with Gasteiger partial charge in [-0.05, 0) is 38.3 Å². The van der Waals surface area contributed by atoms with Gasteiger partial charge in [-0.15, -0.1) is 0 Å². The third kappa shape index (κ3) is 4.80. The van der Waals surface area contributed by atoms with Crippen LogP contribution in [0.4, 0.5) is 0 Å². The maximum absolute atomic E-state index is 10.4. The van der Waals surface area contributed by atoms with Crippen LogP contribution in [0.5, 0.6) is 0 Å². The van der Waals surface area contributed by atoms with E-state index in [9.17, 15) is 4.79 Å². The lowest BCUT2D eigenvalue weighted by molar-refractivity contribution is -0.137. The summed E-state index contributed by atoms with van der Waals surface area (Å²) in [6, 6.07) is 2.15. The van der Waals surface area contributed by atoms with Crippen molar-refractivity contribution in [3.05, 3.63) is 0 Å². The minimum absolute atomic E-state index is 0.295. The third-order valence-corrected chi connectivity index (χ3v) is 3.01. The summed E-state index contributed by atoms with van der Waals surface area (Å²) >= 11 is 0. The van der Waals surface area contributed by atoms with E-state index in [2.05, 4.69) is 11.0 Å². The molecule has 0 saturated carbocycles. The van der Waals surface area contributed by atoms with Crippen molar-refractivity contribution in [2.24, 2.45) is 5.92 Å². The molecule has 0 amide bonds. The second-order valence-corrected chi connectivity index (χ2v) is 4.13. The van der Waals surface area contributed by atoms with Gasteiger partial charge in [-0.3, -0.25) is 4.79 Å². The zero-order chi connectivity index (χ0) is 11.1. The average molecular weight is 210 g/mol. The smallest absolute Gasteiger partial charge is 0.303 e. The highest BCUT2D eigenvalue weighted by atomic mass is 16.4. The molecule has 4 nitrogen and oxygen atoms in total. The second-order valence-electron chi connectivity index (χ2n) is 4.13. The molecule has 1 heterocycles. The molecule has 1 saturated heterocycles. The van der Waals surface area contributed by atoms with Gasteiger partial charge in [0, 0.05) is 19.4 Å². The van der Waals surface area contributed by atoms with Gasteiger partial charge in [-0.25, -0.2) is 0 Å². The average Bonchev–Trinajstić information content (AvgIpc) is 2.25. The molecule has 0 bridgehead atoms. The fourth-order valence-electron chi connectivity index (χ4n) is 2.03. The van der Waals surface area contributed by atoms with Crippen molar-refractivity contribution in [3.63, 3.8) is 0 Å². The quantitative estimate of drug-likeness (QED) is 0.746. The summed E-state index contributed by atoms with van der Waals surface area (Å²) in [7, 11) is 0. The number of piperidine rings is 1. The van der Waals surface area contributed by atoms with Crippen molar-refractivity contribution in [1.82, 2.24) is 4.90 Å². The Hall–Kier alpha value is -1.08. The van der Waals surface area contributed by atoms with Crippen LogP contribution in [-0.4, -0.2) is 35.6 Å². The topological polar surface area (TPSA) is 64.3 Å². The highest BCUT2D eigenvalue weighted by Gasteiger charge is 2.19. The van der Waals surface area contributed by atoms with Crippen LogP contribution in [0.25, 0.3) is 0 Å². The van der Waals surface area contributed by atoms with Crippen LogP contribution in [0.3, 0.4) is 0 Å². The Morgan fingerprint density at radius 2 is 2.13 bits per heavy atom. The van der Waals surface area contributed by atoms with Gasteiger partial charge in [-0.1, -0.05) is 0 Å². The molecule has 1 fully saturated rings. The molecule has 0 aromatic rings. The lowest BCUT2D eigenvalue weighted by atomic mass is 9.92. The third-order valence-electron chi connectivity index (χ3n) is 3.01. The Labute approximate surface area is 90.5 Å². The van der Waals surface area contributed by atoms with E-state index < -0.39 is 5.97 Å². The normalized spacial score (nSPS) is 18.6. The summed E-state index contributed by atoms with van der Waals surface area (Å²) in [5.41, 5.74) is 0. The van der Waals surface area contributed by atoms with E-state index in [0.29, 0.717) is 18.8 Å². The fourth-order valence-corrected chi connectivity index (χ4v) is 2.03. The summed E-state index contributed by atoms with van der Waals surface area (Å²) in [4.78, 5) is 12.7. The van der Waals surface area contributed by atoms with Crippen LogP contribution < -0.4 is 0 Å². The highest BCUT2D eigenvalue weighted by Crippen LogP contribution is 2.21. The maximum atomic E-state index is 10.4. The lowest BCUT2D eigenvalue weighted by Gasteiger charge is -2.31. The number of hydrogen-bond donors (Lipinski definition) is 1. The van der Waals surface area contributed by atoms with Crippen LogP contribution in [0.2, 0.25) is 0 Å². The van der Waals surface area contributed by atoms with Crippen LogP contribution >= 0.6 is 0 Å². The van der Waals surface area contributed by atoms with Crippen LogP contribution in [0.15, 0.2) is 0 Å². The molecule has 1 rings (SSSR count). The number of rotatable bonds is 5. The Kier molecular flexibility index (Phi) is 5.13. The van der Waals surface area contributed by atoms with E-state index in [-0.39, 0.29) is 0 Å². The molecule has 0 aromatic carbocycles. The molecule has 0 aliphatic carbocycles.